The molecule has 0 aromatic carbocycles. The minimum absolute atomic E-state index is 0. The van der Waals surface area contributed by atoms with Crippen LogP contribution in [-0.4, -0.2) is 30.0 Å². The number of ketones is 1. The zero-order chi connectivity index (χ0) is 12.3. The van der Waals surface area contributed by atoms with Crippen molar-refractivity contribution in [1.29, 1.82) is 0 Å². The van der Waals surface area contributed by atoms with E-state index in [0.717, 1.165) is 13.0 Å². The molecule has 7 heteroatoms. The summed E-state index contributed by atoms with van der Waals surface area (Å²) in [4.78, 5) is 15.2. The van der Waals surface area contributed by atoms with Gasteiger partial charge in [0.15, 0.2) is 5.78 Å². The Morgan fingerprint density at radius 2 is 2.32 bits per heavy atom. The third-order valence-electron chi connectivity index (χ3n) is 2.81. The molecule has 0 radical (unpaired) electrons. The molecule has 0 bridgehead atoms. The fourth-order valence-corrected chi connectivity index (χ4v) is 2.09. The minimum Gasteiger partial charge on any atom is -0.490 e. The number of nitrogens with zero attached hydrogens (tertiary/aromatic N) is 1. The summed E-state index contributed by atoms with van der Waals surface area (Å²) in [7, 11) is 0. The summed E-state index contributed by atoms with van der Waals surface area (Å²) in [5.74, 6) is 0.486. The second-order valence-corrected chi connectivity index (χ2v) is 4.53. The molecule has 1 aromatic heterocycles. The summed E-state index contributed by atoms with van der Waals surface area (Å²) in [6.07, 6.45) is 3.86. The van der Waals surface area contributed by atoms with E-state index < -0.39 is 0 Å². The monoisotopic (exact) mass is 326 g/mol. The second-order valence-electron chi connectivity index (χ2n) is 4.17. The molecule has 0 unspecified atom stereocenters. The molecule has 0 spiro atoms. The Balaban J connectivity index is 0.00000162. The van der Waals surface area contributed by atoms with Crippen LogP contribution in [0.4, 0.5) is 0 Å². The van der Waals surface area contributed by atoms with Crippen LogP contribution in [0, 0.1) is 0 Å². The van der Waals surface area contributed by atoms with Gasteiger partial charge in [-0.05, 0) is 32.4 Å². The average molecular weight is 328 g/mol. The normalized spacial score (nSPS) is 17.3. The molecule has 1 N–H and O–H groups in total. The van der Waals surface area contributed by atoms with Crippen molar-refractivity contribution in [1.82, 2.24) is 10.3 Å². The lowest BCUT2D eigenvalue weighted by atomic mass is 10.2. The van der Waals surface area contributed by atoms with Gasteiger partial charge in [-0.15, -0.1) is 24.8 Å². The number of rotatable bonds is 4. The number of carbonyl (C=O) groups is 1. The second kappa shape index (κ2) is 8.59. The molecule has 1 atom stereocenters. The number of aromatic nitrogens is 1. The molecule has 4 nitrogen and oxygen atoms in total. The maximum absolute atomic E-state index is 11.3. The smallest absolute Gasteiger partial charge is 0.163 e. The number of pyridine rings is 1. The standard InChI is InChI=1S/C12H15ClN2O2.2ClH/c1-8(16)11-5-10(6-15-12(11)13)17-7-9-3-2-4-14-9;;/h5-6,9,14H,2-4,7H2,1H3;2*1H/t9-;;/m0../s1. The van der Waals surface area contributed by atoms with E-state index in [2.05, 4.69) is 10.3 Å². The van der Waals surface area contributed by atoms with Crippen molar-refractivity contribution in [2.24, 2.45) is 0 Å². The van der Waals surface area contributed by atoms with Gasteiger partial charge in [0, 0.05) is 6.04 Å². The van der Waals surface area contributed by atoms with Crippen molar-refractivity contribution in [2.45, 2.75) is 25.8 Å². The van der Waals surface area contributed by atoms with Crippen LogP contribution in [0.15, 0.2) is 12.3 Å². The van der Waals surface area contributed by atoms with Crippen LogP contribution in [-0.2, 0) is 0 Å². The zero-order valence-corrected chi connectivity index (χ0v) is 12.9. The first kappa shape index (κ1) is 18.4. The van der Waals surface area contributed by atoms with E-state index in [1.807, 2.05) is 0 Å². The minimum atomic E-state index is -0.105. The number of nitrogens with one attached hydrogen (secondary N) is 1. The first-order chi connectivity index (χ1) is 8.16. The van der Waals surface area contributed by atoms with E-state index in [1.165, 1.54) is 13.3 Å². The Bertz CT molecular complexity index is 423. The number of ether oxygens (including phenoxy) is 1. The zero-order valence-electron chi connectivity index (χ0n) is 10.5. The maximum atomic E-state index is 11.3. The molecule has 108 valence electrons. The predicted molar refractivity (Wildman–Crippen MR) is 80.3 cm³/mol. The number of halogens is 3. The van der Waals surface area contributed by atoms with Crippen molar-refractivity contribution in [2.75, 3.05) is 13.2 Å². The molecule has 19 heavy (non-hydrogen) atoms. The van der Waals surface area contributed by atoms with Crippen LogP contribution < -0.4 is 10.1 Å². The van der Waals surface area contributed by atoms with Gasteiger partial charge in [0.2, 0.25) is 0 Å². The first-order valence-corrected chi connectivity index (χ1v) is 6.07. The molecular formula is C12H17Cl3N2O2. The maximum Gasteiger partial charge on any atom is 0.163 e. The fourth-order valence-electron chi connectivity index (χ4n) is 1.85. The molecule has 0 aliphatic carbocycles. The van der Waals surface area contributed by atoms with Gasteiger partial charge in [0.25, 0.3) is 0 Å². The lowest BCUT2D eigenvalue weighted by Crippen LogP contribution is -2.28. The molecule has 2 rings (SSSR count). The van der Waals surface area contributed by atoms with Crippen molar-refractivity contribution in [3.8, 4) is 5.75 Å². The van der Waals surface area contributed by atoms with Crippen molar-refractivity contribution >= 4 is 42.2 Å². The van der Waals surface area contributed by atoms with Crippen LogP contribution >= 0.6 is 36.4 Å². The van der Waals surface area contributed by atoms with E-state index in [4.69, 9.17) is 16.3 Å². The molecule has 0 saturated carbocycles. The highest BCUT2D eigenvalue weighted by molar-refractivity contribution is 6.32. The van der Waals surface area contributed by atoms with E-state index in [0.29, 0.717) is 24.0 Å². The first-order valence-electron chi connectivity index (χ1n) is 5.69. The third-order valence-corrected chi connectivity index (χ3v) is 3.11. The van der Waals surface area contributed by atoms with Gasteiger partial charge in [-0.2, -0.15) is 0 Å². The molecule has 0 amide bonds. The third kappa shape index (κ3) is 5.15. The highest BCUT2D eigenvalue weighted by Crippen LogP contribution is 2.20. The van der Waals surface area contributed by atoms with Crippen LogP contribution in [0.3, 0.4) is 0 Å². The van der Waals surface area contributed by atoms with Gasteiger partial charge < -0.3 is 10.1 Å². The summed E-state index contributed by atoms with van der Waals surface area (Å²) in [5.41, 5.74) is 0.406. The molecule has 1 aliphatic heterocycles. The lowest BCUT2D eigenvalue weighted by Gasteiger charge is -2.12. The highest BCUT2D eigenvalue weighted by Gasteiger charge is 2.15. The molecule has 2 heterocycles. The van der Waals surface area contributed by atoms with Gasteiger partial charge in [-0.3, -0.25) is 4.79 Å². The molecule has 1 aliphatic rings. The van der Waals surface area contributed by atoms with Crippen LogP contribution in [0.5, 0.6) is 5.75 Å². The molecular weight excluding hydrogens is 311 g/mol. The van der Waals surface area contributed by atoms with Crippen molar-refractivity contribution in [3.63, 3.8) is 0 Å². The van der Waals surface area contributed by atoms with Gasteiger partial charge >= 0.3 is 0 Å². The van der Waals surface area contributed by atoms with Gasteiger partial charge in [-0.1, -0.05) is 11.6 Å². The molecule has 1 aromatic rings. The van der Waals surface area contributed by atoms with Gasteiger partial charge in [0.05, 0.1) is 11.8 Å². The summed E-state index contributed by atoms with van der Waals surface area (Å²) >= 11 is 5.82. The topological polar surface area (TPSA) is 51.2 Å². The molecule has 1 saturated heterocycles. The number of hydrogen-bond acceptors (Lipinski definition) is 4. The van der Waals surface area contributed by atoms with Crippen LogP contribution in [0.25, 0.3) is 0 Å². The van der Waals surface area contributed by atoms with Crippen molar-refractivity contribution < 1.29 is 9.53 Å². The largest absolute Gasteiger partial charge is 0.490 e. The van der Waals surface area contributed by atoms with E-state index in [1.54, 1.807) is 12.3 Å². The SMILES string of the molecule is CC(=O)c1cc(OC[C@@H]2CCCN2)cnc1Cl.Cl.Cl. The summed E-state index contributed by atoms with van der Waals surface area (Å²) < 4.78 is 5.60. The summed E-state index contributed by atoms with van der Waals surface area (Å²) in [6, 6.07) is 2.04. The van der Waals surface area contributed by atoms with E-state index in [-0.39, 0.29) is 35.8 Å². The Labute approximate surface area is 130 Å². The van der Waals surface area contributed by atoms with E-state index in [9.17, 15) is 4.79 Å². The Hall–Kier alpha value is -0.550. The fraction of sp³-hybridized carbons (Fsp3) is 0.500. The molecule has 1 fully saturated rings. The van der Waals surface area contributed by atoms with Crippen LogP contribution in [0.2, 0.25) is 5.15 Å². The summed E-state index contributed by atoms with van der Waals surface area (Å²) in [5, 5.41) is 3.56. The number of Topliss-reactive ketones (excluding diaryl/α,β-unsaturated/α-hetero) is 1. The Kier molecular flexibility index (Phi) is 8.34. The predicted octanol–water partition coefficient (Wildman–Crippen LogP) is 2.91. The number of carbonyl (C=O) groups excluding carboxylic acids is 1. The summed E-state index contributed by atoms with van der Waals surface area (Å²) in [6.45, 7) is 3.11. The van der Waals surface area contributed by atoms with Crippen LogP contribution in [0.1, 0.15) is 30.1 Å². The average Bonchev–Trinajstić information content (AvgIpc) is 2.80. The Morgan fingerprint density at radius 1 is 1.58 bits per heavy atom. The van der Waals surface area contributed by atoms with E-state index >= 15 is 0 Å². The number of hydrogen-bond donors (Lipinski definition) is 1. The lowest BCUT2D eigenvalue weighted by molar-refractivity contribution is 0.101. The quantitative estimate of drug-likeness (QED) is 0.682. The van der Waals surface area contributed by atoms with Crippen molar-refractivity contribution in [3.05, 3.63) is 23.0 Å². The van der Waals surface area contributed by atoms with Gasteiger partial charge in [0.1, 0.15) is 17.5 Å². The van der Waals surface area contributed by atoms with Gasteiger partial charge in [-0.25, -0.2) is 4.98 Å². The Morgan fingerprint density at radius 3 is 2.89 bits per heavy atom. The highest BCUT2D eigenvalue weighted by atomic mass is 35.5.